The summed E-state index contributed by atoms with van der Waals surface area (Å²) in [4.78, 5) is 14.8. The van der Waals surface area contributed by atoms with Crippen LogP contribution in [0.4, 0.5) is 0 Å². The fourth-order valence-electron chi connectivity index (χ4n) is 4.08. The summed E-state index contributed by atoms with van der Waals surface area (Å²) in [6, 6.07) is 15.3. The second-order valence-electron chi connectivity index (χ2n) is 8.48. The minimum Gasteiger partial charge on any atom is -0.464 e. The Balaban J connectivity index is 1.56. The number of amides is 1. The first kappa shape index (κ1) is 24.9. The Bertz CT molecular complexity index is 1150. The number of hydrogen-bond acceptors (Lipinski definition) is 7. The zero-order chi connectivity index (χ0) is 24.8. The number of para-hydroxylation sites is 1. The number of carbonyl (C=O) groups is 1. The fourth-order valence-corrected chi connectivity index (χ4v) is 4.08. The Labute approximate surface area is 204 Å². The van der Waals surface area contributed by atoms with Crippen LogP contribution >= 0.6 is 0 Å². The van der Waals surface area contributed by atoms with Gasteiger partial charge in [-0.05, 0) is 23.3 Å². The van der Waals surface area contributed by atoms with Crippen LogP contribution in [0, 0.1) is 0 Å². The van der Waals surface area contributed by atoms with Gasteiger partial charge in [0.1, 0.15) is 5.58 Å². The maximum Gasteiger partial charge on any atom is 0.288 e. The van der Waals surface area contributed by atoms with Gasteiger partial charge in [-0.3, -0.25) is 4.79 Å². The Kier molecular flexibility index (Phi) is 8.20. The highest BCUT2D eigenvalue weighted by Gasteiger charge is 2.32. The van der Waals surface area contributed by atoms with Gasteiger partial charge in [-0.1, -0.05) is 42.5 Å². The standard InChI is InChI=1S/C27H31NO7/c1-28(14-26(31-2)32-3)27(30)24-12-20(22-17-33-23-7-5-4-6-21(22)23)13-25(35-24)34-16-19-10-8-18(15-29)9-11-19/h4-12,17,20,25-26,29H,13-16H2,1-3H3/t20-,25+/m1/s1. The van der Waals surface area contributed by atoms with Crippen LogP contribution in [0.3, 0.4) is 0 Å². The van der Waals surface area contributed by atoms with E-state index in [1.807, 2.05) is 54.6 Å². The topological polar surface area (TPSA) is 90.6 Å². The van der Waals surface area contributed by atoms with Gasteiger partial charge in [0.05, 0.1) is 26.0 Å². The average Bonchev–Trinajstić information content (AvgIpc) is 3.34. The van der Waals surface area contributed by atoms with Gasteiger partial charge in [-0.15, -0.1) is 0 Å². The van der Waals surface area contributed by atoms with Crippen molar-refractivity contribution < 1.29 is 33.3 Å². The second-order valence-corrected chi connectivity index (χ2v) is 8.48. The number of methoxy groups -OCH3 is 2. The number of furan rings is 1. The largest absolute Gasteiger partial charge is 0.464 e. The van der Waals surface area contributed by atoms with E-state index in [2.05, 4.69) is 0 Å². The molecular weight excluding hydrogens is 450 g/mol. The van der Waals surface area contributed by atoms with Gasteiger partial charge in [-0.2, -0.15) is 0 Å². The Morgan fingerprint density at radius 2 is 1.83 bits per heavy atom. The van der Waals surface area contributed by atoms with Crippen LogP contribution in [0.2, 0.25) is 0 Å². The smallest absolute Gasteiger partial charge is 0.288 e. The molecule has 1 amide bonds. The first-order valence-corrected chi connectivity index (χ1v) is 11.5. The second kappa shape index (κ2) is 11.5. The van der Waals surface area contributed by atoms with Crippen molar-refractivity contribution in [2.75, 3.05) is 27.8 Å². The number of allylic oxidation sites excluding steroid dienone is 1. The van der Waals surface area contributed by atoms with Crippen LogP contribution in [0.25, 0.3) is 11.0 Å². The number of aliphatic hydroxyl groups excluding tert-OH is 1. The summed E-state index contributed by atoms with van der Waals surface area (Å²) in [7, 11) is 4.73. The number of carbonyl (C=O) groups excluding carboxylic acids is 1. The lowest BCUT2D eigenvalue weighted by molar-refractivity contribution is -0.160. The van der Waals surface area contributed by atoms with E-state index in [1.54, 1.807) is 13.3 Å². The molecule has 0 fully saturated rings. The molecule has 35 heavy (non-hydrogen) atoms. The van der Waals surface area contributed by atoms with Crippen LogP contribution < -0.4 is 0 Å². The normalized spacial score (nSPS) is 17.9. The van der Waals surface area contributed by atoms with Crippen LogP contribution in [0.1, 0.15) is 29.0 Å². The number of likely N-dealkylation sites (N-methyl/N-ethyl adjacent to an activating group) is 1. The van der Waals surface area contributed by atoms with E-state index in [9.17, 15) is 9.90 Å². The molecule has 3 aromatic rings. The molecule has 0 radical (unpaired) electrons. The molecule has 0 saturated carbocycles. The summed E-state index contributed by atoms with van der Waals surface area (Å²) in [6.07, 6.45) is 2.91. The van der Waals surface area contributed by atoms with E-state index >= 15 is 0 Å². The van der Waals surface area contributed by atoms with E-state index in [1.165, 1.54) is 19.1 Å². The monoisotopic (exact) mass is 481 g/mol. The number of rotatable bonds is 10. The number of ether oxygens (including phenoxy) is 4. The predicted molar refractivity (Wildman–Crippen MR) is 129 cm³/mol. The quantitative estimate of drug-likeness (QED) is 0.439. The molecule has 1 aliphatic rings. The summed E-state index contributed by atoms with van der Waals surface area (Å²) in [5.41, 5.74) is 3.54. The zero-order valence-corrected chi connectivity index (χ0v) is 20.2. The van der Waals surface area contributed by atoms with Crippen LogP contribution in [-0.4, -0.2) is 56.3 Å². The highest BCUT2D eigenvalue weighted by Crippen LogP contribution is 2.36. The van der Waals surface area contributed by atoms with E-state index in [-0.39, 0.29) is 30.7 Å². The third kappa shape index (κ3) is 5.91. The molecule has 8 nitrogen and oxygen atoms in total. The van der Waals surface area contributed by atoms with Crippen molar-refractivity contribution in [3.05, 3.63) is 83.3 Å². The first-order valence-electron chi connectivity index (χ1n) is 11.5. The van der Waals surface area contributed by atoms with Crippen LogP contribution in [0.5, 0.6) is 0 Å². The van der Waals surface area contributed by atoms with Gasteiger partial charge in [0.15, 0.2) is 12.0 Å². The van der Waals surface area contributed by atoms with Gasteiger partial charge in [0, 0.05) is 44.6 Å². The summed E-state index contributed by atoms with van der Waals surface area (Å²) >= 11 is 0. The highest BCUT2D eigenvalue weighted by molar-refractivity contribution is 5.92. The zero-order valence-electron chi connectivity index (χ0n) is 20.2. The Morgan fingerprint density at radius 1 is 1.11 bits per heavy atom. The van der Waals surface area contributed by atoms with Crippen molar-refractivity contribution in [3.8, 4) is 0 Å². The molecule has 8 heteroatoms. The molecule has 186 valence electrons. The Morgan fingerprint density at radius 3 is 2.54 bits per heavy atom. The minimum atomic E-state index is -0.635. The molecule has 1 aliphatic heterocycles. The highest BCUT2D eigenvalue weighted by atomic mass is 16.7. The summed E-state index contributed by atoms with van der Waals surface area (Å²) in [5, 5.41) is 10.2. The maximum absolute atomic E-state index is 13.3. The van der Waals surface area contributed by atoms with Gasteiger partial charge < -0.3 is 33.4 Å². The van der Waals surface area contributed by atoms with Gasteiger partial charge >= 0.3 is 0 Å². The minimum absolute atomic E-state index is 0.00993. The summed E-state index contributed by atoms with van der Waals surface area (Å²) < 4.78 is 28.3. The van der Waals surface area contributed by atoms with E-state index in [4.69, 9.17) is 23.4 Å². The first-order chi connectivity index (χ1) is 17.0. The van der Waals surface area contributed by atoms with Crippen molar-refractivity contribution in [1.29, 1.82) is 0 Å². The van der Waals surface area contributed by atoms with Crippen molar-refractivity contribution in [1.82, 2.24) is 4.90 Å². The molecule has 2 heterocycles. The summed E-state index contributed by atoms with van der Waals surface area (Å²) in [5.74, 6) is -0.217. The number of hydrogen-bond donors (Lipinski definition) is 1. The van der Waals surface area contributed by atoms with E-state index in [0.717, 1.165) is 27.7 Å². The molecule has 1 aromatic heterocycles. The molecule has 2 aromatic carbocycles. The average molecular weight is 482 g/mol. The summed E-state index contributed by atoms with van der Waals surface area (Å²) in [6.45, 7) is 0.542. The van der Waals surface area contributed by atoms with Crippen molar-refractivity contribution in [2.45, 2.75) is 38.1 Å². The number of aliphatic hydroxyl groups is 1. The number of benzene rings is 2. The molecule has 0 bridgehead atoms. The lowest BCUT2D eigenvalue weighted by atomic mass is 9.92. The third-order valence-corrected chi connectivity index (χ3v) is 6.12. The van der Waals surface area contributed by atoms with Crippen molar-refractivity contribution in [3.63, 3.8) is 0 Å². The van der Waals surface area contributed by atoms with Crippen molar-refractivity contribution >= 4 is 16.9 Å². The number of fused-ring (bicyclic) bond motifs is 1. The predicted octanol–water partition coefficient (Wildman–Crippen LogP) is 3.93. The van der Waals surface area contributed by atoms with Gasteiger partial charge in [0.25, 0.3) is 5.91 Å². The molecule has 0 aliphatic carbocycles. The van der Waals surface area contributed by atoms with Gasteiger partial charge in [0.2, 0.25) is 6.29 Å². The lowest BCUT2D eigenvalue weighted by Gasteiger charge is -2.31. The molecule has 0 saturated heterocycles. The third-order valence-electron chi connectivity index (χ3n) is 6.12. The molecule has 1 N–H and O–H groups in total. The molecular formula is C27H31NO7. The molecule has 2 atom stereocenters. The molecule has 0 unspecified atom stereocenters. The van der Waals surface area contributed by atoms with Crippen LogP contribution in [0.15, 0.2) is 71.0 Å². The van der Waals surface area contributed by atoms with Crippen LogP contribution in [-0.2, 0) is 37.0 Å². The maximum atomic E-state index is 13.3. The fraction of sp³-hybridized carbons (Fsp3) is 0.370. The molecule has 4 rings (SSSR count). The molecule has 0 spiro atoms. The van der Waals surface area contributed by atoms with E-state index < -0.39 is 12.6 Å². The SMILES string of the molecule is COC(CN(C)C(=O)C1=C[C@@H](c2coc3ccccc23)C[C@@H](OCc2ccc(CO)cc2)O1)OC. The van der Waals surface area contributed by atoms with Gasteiger partial charge in [-0.25, -0.2) is 0 Å². The number of nitrogens with zero attached hydrogens (tertiary/aromatic N) is 1. The van der Waals surface area contributed by atoms with Crippen molar-refractivity contribution in [2.24, 2.45) is 0 Å². The lowest BCUT2D eigenvalue weighted by Crippen LogP contribution is -2.39. The Hall–Kier alpha value is -3.17. The van der Waals surface area contributed by atoms with E-state index in [0.29, 0.717) is 13.0 Å².